The molecule has 2 N–H and O–H groups in total. The van der Waals surface area contributed by atoms with Crippen molar-refractivity contribution in [2.75, 3.05) is 11.8 Å². The zero-order valence-electron chi connectivity index (χ0n) is 11.1. The Labute approximate surface area is 155 Å². The average Bonchev–Trinajstić information content (AvgIpc) is 2.44. The summed E-state index contributed by atoms with van der Waals surface area (Å²) >= 11 is 10.9. The lowest BCUT2D eigenvalue weighted by molar-refractivity contribution is 0.414. The van der Waals surface area contributed by atoms with E-state index in [1.54, 1.807) is 18.2 Å². The molecule has 0 aliphatic rings. The van der Waals surface area contributed by atoms with Crippen molar-refractivity contribution in [1.29, 1.82) is 0 Å². The molecular weight excluding hydrogens is 508 g/mol. The summed E-state index contributed by atoms with van der Waals surface area (Å²) in [6.07, 6.45) is 0. The first kappa shape index (κ1) is 17.6. The van der Waals surface area contributed by atoms with E-state index in [0.717, 1.165) is 0 Å². The van der Waals surface area contributed by atoms with E-state index in [4.69, 9.17) is 16.3 Å². The molecular formula is C13H10BrClINO4S. The van der Waals surface area contributed by atoms with Crippen LogP contribution in [-0.2, 0) is 10.0 Å². The molecule has 0 bridgehead atoms. The third-order valence-electron chi connectivity index (χ3n) is 2.70. The highest BCUT2D eigenvalue weighted by atomic mass is 127. The van der Waals surface area contributed by atoms with Crippen LogP contribution in [0.4, 0.5) is 5.69 Å². The zero-order valence-corrected chi connectivity index (χ0v) is 16.4. The predicted molar refractivity (Wildman–Crippen MR) is 97.3 cm³/mol. The quantitative estimate of drug-likeness (QED) is 0.595. The maximum absolute atomic E-state index is 12.4. The number of phenols is 1. The van der Waals surface area contributed by atoms with E-state index in [0.29, 0.717) is 19.5 Å². The number of hydrogen-bond acceptors (Lipinski definition) is 4. The lowest BCUT2D eigenvalue weighted by Gasteiger charge is -2.13. The molecule has 0 heterocycles. The number of anilines is 1. The molecule has 2 aromatic carbocycles. The van der Waals surface area contributed by atoms with Gasteiger partial charge in [0.1, 0.15) is 10.6 Å². The first-order valence-electron chi connectivity index (χ1n) is 5.79. The Morgan fingerprint density at radius 2 is 2.00 bits per heavy atom. The van der Waals surface area contributed by atoms with Crippen LogP contribution in [0, 0.1) is 3.57 Å². The highest BCUT2D eigenvalue weighted by Crippen LogP contribution is 2.35. The topological polar surface area (TPSA) is 75.6 Å². The molecule has 0 spiro atoms. The fraction of sp³-hybridized carbons (Fsp3) is 0.0769. The predicted octanol–water partition coefficient (Wildman–Crippen LogP) is 4.22. The Hall–Kier alpha value is -0.710. The smallest absolute Gasteiger partial charge is 0.265 e. The highest BCUT2D eigenvalue weighted by Gasteiger charge is 2.22. The van der Waals surface area contributed by atoms with Crippen molar-refractivity contribution in [3.8, 4) is 11.5 Å². The first-order valence-corrected chi connectivity index (χ1v) is 9.52. The summed E-state index contributed by atoms with van der Waals surface area (Å²) in [5.74, 6) is 0.113. The lowest BCUT2D eigenvalue weighted by Crippen LogP contribution is -2.14. The molecule has 118 valence electrons. The molecule has 0 saturated carbocycles. The molecule has 0 saturated heterocycles. The second-order valence-electron chi connectivity index (χ2n) is 4.19. The van der Waals surface area contributed by atoms with Gasteiger partial charge in [0.25, 0.3) is 10.0 Å². The number of ether oxygens (including phenoxy) is 1. The summed E-state index contributed by atoms with van der Waals surface area (Å²) in [4.78, 5) is -0.307. The maximum Gasteiger partial charge on any atom is 0.265 e. The van der Waals surface area contributed by atoms with Gasteiger partial charge in [-0.2, -0.15) is 0 Å². The number of aromatic hydroxyl groups is 1. The molecule has 0 unspecified atom stereocenters. The molecule has 0 fully saturated rings. The monoisotopic (exact) mass is 517 g/mol. The van der Waals surface area contributed by atoms with Crippen LogP contribution in [0.2, 0.25) is 5.02 Å². The van der Waals surface area contributed by atoms with Gasteiger partial charge in [0.2, 0.25) is 0 Å². The van der Waals surface area contributed by atoms with E-state index in [2.05, 4.69) is 20.7 Å². The van der Waals surface area contributed by atoms with Gasteiger partial charge in [-0.3, -0.25) is 4.72 Å². The van der Waals surface area contributed by atoms with Crippen LogP contribution in [0.1, 0.15) is 0 Å². The van der Waals surface area contributed by atoms with Crippen LogP contribution in [0.3, 0.4) is 0 Å². The fourth-order valence-electron chi connectivity index (χ4n) is 1.65. The van der Waals surface area contributed by atoms with Gasteiger partial charge in [-0.05, 0) is 52.9 Å². The van der Waals surface area contributed by atoms with Gasteiger partial charge in [0.05, 0.1) is 17.8 Å². The van der Waals surface area contributed by atoms with Crippen molar-refractivity contribution >= 4 is 65.8 Å². The van der Waals surface area contributed by atoms with Crippen LogP contribution in [0.5, 0.6) is 11.5 Å². The van der Waals surface area contributed by atoms with Crippen molar-refractivity contribution in [2.24, 2.45) is 0 Å². The van der Waals surface area contributed by atoms with E-state index in [1.165, 1.54) is 19.2 Å². The molecule has 0 aliphatic heterocycles. The molecule has 22 heavy (non-hydrogen) atoms. The van der Waals surface area contributed by atoms with Crippen molar-refractivity contribution in [3.63, 3.8) is 0 Å². The SMILES string of the molecule is COc1ccc(NS(=O)(=O)c2cc(Br)cc(Cl)c2O)c(I)c1. The Kier molecular flexibility index (Phi) is 5.46. The summed E-state index contributed by atoms with van der Waals surface area (Å²) < 4.78 is 33.5. The van der Waals surface area contributed by atoms with E-state index < -0.39 is 15.8 Å². The Morgan fingerprint density at radius 1 is 1.32 bits per heavy atom. The number of rotatable bonds is 4. The third-order valence-corrected chi connectivity index (χ3v) is 5.72. The summed E-state index contributed by atoms with van der Waals surface area (Å²) in [5, 5.41) is 9.84. The highest BCUT2D eigenvalue weighted by molar-refractivity contribution is 14.1. The number of benzene rings is 2. The van der Waals surface area contributed by atoms with Crippen molar-refractivity contribution in [3.05, 3.63) is 43.4 Å². The number of sulfonamides is 1. The minimum Gasteiger partial charge on any atom is -0.505 e. The van der Waals surface area contributed by atoms with E-state index >= 15 is 0 Å². The summed E-state index contributed by atoms with van der Waals surface area (Å²) in [6.45, 7) is 0. The Bertz CT molecular complexity index is 829. The first-order chi connectivity index (χ1) is 10.2. The molecule has 0 atom stereocenters. The number of methoxy groups -OCH3 is 1. The summed E-state index contributed by atoms with van der Waals surface area (Å²) in [5.41, 5.74) is 0.372. The molecule has 0 radical (unpaired) electrons. The van der Waals surface area contributed by atoms with Gasteiger partial charge < -0.3 is 9.84 Å². The van der Waals surface area contributed by atoms with Crippen LogP contribution in [0.15, 0.2) is 39.7 Å². The molecule has 9 heteroatoms. The van der Waals surface area contributed by atoms with Gasteiger partial charge in [-0.1, -0.05) is 27.5 Å². The molecule has 2 rings (SSSR count). The second kappa shape index (κ2) is 6.81. The third kappa shape index (κ3) is 3.79. The molecule has 2 aromatic rings. The van der Waals surface area contributed by atoms with Crippen molar-refractivity contribution in [2.45, 2.75) is 4.90 Å². The summed E-state index contributed by atoms with van der Waals surface area (Å²) in [7, 11) is -2.47. The van der Waals surface area contributed by atoms with Gasteiger partial charge in [-0.25, -0.2) is 8.42 Å². The number of nitrogens with one attached hydrogen (secondary N) is 1. The van der Waals surface area contributed by atoms with E-state index in [1.807, 2.05) is 22.6 Å². The van der Waals surface area contributed by atoms with Gasteiger partial charge in [0.15, 0.2) is 5.75 Å². The van der Waals surface area contributed by atoms with Crippen LogP contribution < -0.4 is 9.46 Å². The van der Waals surface area contributed by atoms with E-state index in [-0.39, 0.29) is 9.92 Å². The fourth-order valence-corrected chi connectivity index (χ4v) is 4.70. The standard InChI is InChI=1S/C13H10BrClINO4S/c1-21-8-2-3-11(10(16)6-8)17-22(19,20)12-5-7(14)4-9(15)13(12)18/h2-6,17-18H,1H3. The molecule has 0 aromatic heterocycles. The Morgan fingerprint density at radius 3 is 2.59 bits per heavy atom. The zero-order chi connectivity index (χ0) is 16.5. The minimum atomic E-state index is -3.99. The van der Waals surface area contributed by atoms with Crippen molar-refractivity contribution in [1.82, 2.24) is 0 Å². The van der Waals surface area contributed by atoms with Gasteiger partial charge in [0, 0.05) is 8.04 Å². The summed E-state index contributed by atoms with van der Waals surface area (Å²) in [6, 6.07) is 7.59. The number of halogens is 3. The van der Waals surface area contributed by atoms with Crippen LogP contribution >= 0.6 is 50.1 Å². The number of phenolic OH excluding ortho intramolecular Hbond substituents is 1. The molecule has 0 amide bonds. The lowest BCUT2D eigenvalue weighted by atomic mass is 10.3. The van der Waals surface area contributed by atoms with Gasteiger partial charge in [-0.15, -0.1) is 0 Å². The van der Waals surface area contributed by atoms with E-state index in [9.17, 15) is 13.5 Å². The largest absolute Gasteiger partial charge is 0.505 e. The molecule has 5 nitrogen and oxygen atoms in total. The normalized spacial score (nSPS) is 11.3. The Balaban J connectivity index is 2.45. The van der Waals surface area contributed by atoms with Crippen LogP contribution in [-0.4, -0.2) is 20.6 Å². The maximum atomic E-state index is 12.4. The molecule has 0 aliphatic carbocycles. The van der Waals surface area contributed by atoms with Gasteiger partial charge >= 0.3 is 0 Å². The average molecular weight is 519 g/mol. The van der Waals surface area contributed by atoms with Crippen molar-refractivity contribution < 1.29 is 18.3 Å². The number of hydrogen-bond donors (Lipinski definition) is 2. The second-order valence-corrected chi connectivity index (χ2v) is 8.32. The van der Waals surface area contributed by atoms with Crippen LogP contribution in [0.25, 0.3) is 0 Å². The minimum absolute atomic E-state index is 0.0563.